The normalized spacial score (nSPS) is 10.2. The van der Waals surface area contributed by atoms with E-state index in [1.807, 2.05) is 0 Å². The second-order valence-corrected chi connectivity index (χ2v) is 4.70. The number of nitro benzene ring substituents is 1. The summed E-state index contributed by atoms with van der Waals surface area (Å²) >= 11 is 5.68. The van der Waals surface area contributed by atoms with Crippen molar-refractivity contribution in [2.45, 2.75) is 6.92 Å². The van der Waals surface area contributed by atoms with E-state index in [0.29, 0.717) is 5.69 Å². The van der Waals surface area contributed by atoms with E-state index in [9.17, 15) is 19.3 Å². The van der Waals surface area contributed by atoms with Crippen LogP contribution in [0.2, 0.25) is 5.02 Å². The minimum atomic E-state index is -0.674. The van der Waals surface area contributed by atoms with Crippen LogP contribution < -0.4 is 5.32 Å². The summed E-state index contributed by atoms with van der Waals surface area (Å²) in [5.74, 6) is -1.03. The third-order valence-electron chi connectivity index (χ3n) is 2.92. The zero-order chi connectivity index (χ0) is 15.6. The van der Waals surface area contributed by atoms with Gasteiger partial charge < -0.3 is 5.32 Å². The minimum Gasteiger partial charge on any atom is -0.322 e. The zero-order valence-electron chi connectivity index (χ0n) is 10.9. The van der Waals surface area contributed by atoms with Crippen LogP contribution in [0.3, 0.4) is 0 Å². The van der Waals surface area contributed by atoms with E-state index < -0.39 is 16.6 Å². The average Bonchev–Trinajstić information content (AvgIpc) is 2.44. The van der Waals surface area contributed by atoms with Crippen LogP contribution in [0.5, 0.6) is 0 Å². The molecular formula is C14H10ClFN2O3. The van der Waals surface area contributed by atoms with Gasteiger partial charge in [-0.05, 0) is 31.2 Å². The highest BCUT2D eigenvalue weighted by Crippen LogP contribution is 2.26. The lowest BCUT2D eigenvalue weighted by Crippen LogP contribution is -2.13. The molecule has 2 rings (SSSR count). The van der Waals surface area contributed by atoms with Crippen molar-refractivity contribution in [1.29, 1.82) is 0 Å². The second-order valence-electron chi connectivity index (χ2n) is 4.29. The molecule has 0 saturated carbocycles. The number of anilines is 1. The van der Waals surface area contributed by atoms with Gasteiger partial charge in [0.1, 0.15) is 10.8 Å². The van der Waals surface area contributed by atoms with Crippen LogP contribution in [-0.4, -0.2) is 10.8 Å². The summed E-state index contributed by atoms with van der Waals surface area (Å²) in [6.45, 7) is 1.52. The van der Waals surface area contributed by atoms with Crippen molar-refractivity contribution in [3.8, 4) is 0 Å². The summed E-state index contributed by atoms with van der Waals surface area (Å²) in [5.41, 5.74) is 0.293. The van der Waals surface area contributed by atoms with Crippen LogP contribution in [0.1, 0.15) is 15.9 Å². The third-order valence-corrected chi connectivity index (χ3v) is 3.24. The monoisotopic (exact) mass is 308 g/mol. The van der Waals surface area contributed by atoms with Crippen molar-refractivity contribution in [3.05, 3.63) is 68.5 Å². The summed E-state index contributed by atoms with van der Waals surface area (Å²) in [7, 11) is 0. The molecule has 1 amide bonds. The molecule has 0 unspecified atom stereocenters. The minimum absolute atomic E-state index is 0.0570. The van der Waals surface area contributed by atoms with Gasteiger partial charge in [-0.15, -0.1) is 0 Å². The number of hydrogen-bond donors (Lipinski definition) is 1. The van der Waals surface area contributed by atoms with Gasteiger partial charge in [-0.1, -0.05) is 17.7 Å². The maximum Gasteiger partial charge on any atom is 0.288 e. The molecule has 0 fully saturated rings. The Hall–Kier alpha value is -2.47. The fraction of sp³-hybridized carbons (Fsp3) is 0.0714. The predicted molar refractivity (Wildman–Crippen MR) is 77.2 cm³/mol. The van der Waals surface area contributed by atoms with Crippen molar-refractivity contribution in [3.63, 3.8) is 0 Å². The molecule has 5 nitrogen and oxygen atoms in total. The molecule has 0 heterocycles. The van der Waals surface area contributed by atoms with E-state index in [1.54, 1.807) is 6.07 Å². The van der Waals surface area contributed by atoms with Gasteiger partial charge in [0.2, 0.25) is 0 Å². The topological polar surface area (TPSA) is 72.2 Å². The van der Waals surface area contributed by atoms with E-state index in [-0.39, 0.29) is 21.8 Å². The molecule has 0 bridgehead atoms. The predicted octanol–water partition coefficient (Wildman–Crippen LogP) is 3.95. The van der Waals surface area contributed by atoms with Crippen molar-refractivity contribution >= 4 is 28.9 Å². The lowest BCUT2D eigenvalue weighted by Gasteiger charge is -2.09. The Labute approximate surface area is 124 Å². The highest BCUT2D eigenvalue weighted by molar-refractivity contribution is 6.32. The Morgan fingerprint density at radius 2 is 2.05 bits per heavy atom. The molecular weight excluding hydrogens is 299 g/mol. The molecule has 7 heteroatoms. The van der Waals surface area contributed by atoms with E-state index >= 15 is 0 Å². The molecule has 108 valence electrons. The summed E-state index contributed by atoms with van der Waals surface area (Å²) in [6, 6.07) is 7.99. The quantitative estimate of drug-likeness (QED) is 0.689. The Morgan fingerprint density at radius 3 is 2.71 bits per heavy atom. The van der Waals surface area contributed by atoms with Crippen LogP contribution in [0.4, 0.5) is 15.8 Å². The van der Waals surface area contributed by atoms with E-state index in [1.165, 1.54) is 31.2 Å². The smallest absolute Gasteiger partial charge is 0.288 e. The molecule has 21 heavy (non-hydrogen) atoms. The highest BCUT2D eigenvalue weighted by Gasteiger charge is 2.17. The maximum absolute atomic E-state index is 13.4. The first-order valence-electron chi connectivity index (χ1n) is 5.90. The standard InChI is InChI=1S/C14H10ClFN2O3/c1-8-11(16)3-2-4-12(8)17-14(19)9-5-6-10(15)13(7-9)18(20)21/h2-7H,1H3,(H,17,19). The van der Waals surface area contributed by atoms with Gasteiger partial charge in [-0.25, -0.2) is 4.39 Å². The molecule has 0 spiro atoms. The Balaban J connectivity index is 2.31. The largest absolute Gasteiger partial charge is 0.322 e. The first-order valence-corrected chi connectivity index (χ1v) is 6.28. The lowest BCUT2D eigenvalue weighted by atomic mass is 10.1. The molecule has 0 saturated heterocycles. The third kappa shape index (κ3) is 3.17. The van der Waals surface area contributed by atoms with Gasteiger partial charge in [-0.2, -0.15) is 0 Å². The van der Waals surface area contributed by atoms with Crippen LogP contribution in [-0.2, 0) is 0 Å². The molecule has 2 aromatic rings. The zero-order valence-corrected chi connectivity index (χ0v) is 11.6. The first kappa shape index (κ1) is 14.9. The van der Waals surface area contributed by atoms with Gasteiger partial charge in [0.05, 0.1) is 4.92 Å². The number of benzene rings is 2. The molecule has 0 aliphatic carbocycles. The summed E-state index contributed by atoms with van der Waals surface area (Å²) in [5, 5.41) is 13.2. The molecule has 0 radical (unpaired) electrons. The summed E-state index contributed by atoms with van der Waals surface area (Å²) in [4.78, 5) is 22.2. The van der Waals surface area contributed by atoms with Crippen molar-refractivity contribution in [2.75, 3.05) is 5.32 Å². The highest BCUT2D eigenvalue weighted by atomic mass is 35.5. The van der Waals surface area contributed by atoms with Gasteiger partial charge in [-0.3, -0.25) is 14.9 Å². The Morgan fingerprint density at radius 1 is 1.33 bits per heavy atom. The maximum atomic E-state index is 13.4. The number of carbonyl (C=O) groups excluding carboxylic acids is 1. The Kier molecular flexibility index (Phi) is 4.18. The molecule has 0 aliphatic rings. The number of nitrogens with one attached hydrogen (secondary N) is 1. The SMILES string of the molecule is Cc1c(F)cccc1NC(=O)c1ccc(Cl)c([N+](=O)[O-])c1. The van der Waals surface area contributed by atoms with Crippen molar-refractivity contribution in [2.24, 2.45) is 0 Å². The van der Waals surface area contributed by atoms with E-state index in [0.717, 1.165) is 6.07 Å². The lowest BCUT2D eigenvalue weighted by molar-refractivity contribution is -0.384. The molecule has 1 N–H and O–H groups in total. The van der Waals surface area contributed by atoms with Gasteiger partial charge in [0.15, 0.2) is 0 Å². The summed E-state index contributed by atoms with van der Waals surface area (Å²) < 4.78 is 13.4. The van der Waals surface area contributed by atoms with Crippen LogP contribution >= 0.6 is 11.6 Å². The van der Waals surface area contributed by atoms with E-state index in [2.05, 4.69) is 5.32 Å². The molecule has 0 aliphatic heterocycles. The van der Waals surface area contributed by atoms with Crippen LogP contribution in [0, 0.1) is 22.9 Å². The van der Waals surface area contributed by atoms with Gasteiger partial charge in [0, 0.05) is 22.9 Å². The van der Waals surface area contributed by atoms with Gasteiger partial charge in [0.25, 0.3) is 11.6 Å². The molecule has 0 aromatic heterocycles. The molecule has 2 aromatic carbocycles. The van der Waals surface area contributed by atoms with Crippen molar-refractivity contribution in [1.82, 2.24) is 0 Å². The summed E-state index contributed by atoms with van der Waals surface area (Å²) in [6.07, 6.45) is 0. The number of nitrogens with zero attached hydrogens (tertiary/aromatic N) is 1. The number of amides is 1. The van der Waals surface area contributed by atoms with E-state index in [4.69, 9.17) is 11.6 Å². The van der Waals surface area contributed by atoms with Crippen LogP contribution in [0.25, 0.3) is 0 Å². The number of hydrogen-bond acceptors (Lipinski definition) is 3. The number of rotatable bonds is 3. The molecule has 0 atom stereocenters. The number of halogens is 2. The number of nitro groups is 1. The fourth-order valence-electron chi connectivity index (χ4n) is 1.73. The fourth-order valence-corrected chi connectivity index (χ4v) is 1.92. The Bertz CT molecular complexity index is 734. The van der Waals surface area contributed by atoms with Crippen LogP contribution in [0.15, 0.2) is 36.4 Å². The number of carbonyl (C=O) groups is 1. The van der Waals surface area contributed by atoms with Crippen molar-refractivity contribution < 1.29 is 14.1 Å². The second kappa shape index (κ2) is 5.88. The van der Waals surface area contributed by atoms with Gasteiger partial charge >= 0.3 is 0 Å². The first-order chi connectivity index (χ1) is 9.90. The average molecular weight is 309 g/mol.